The summed E-state index contributed by atoms with van der Waals surface area (Å²) < 4.78 is 0. The molecule has 1 saturated heterocycles. The number of hydrogen-bond acceptors (Lipinski definition) is 3. The molecule has 0 aromatic heterocycles. The summed E-state index contributed by atoms with van der Waals surface area (Å²) in [6.07, 6.45) is 4.20. The Morgan fingerprint density at radius 1 is 1.33 bits per heavy atom. The number of aliphatic carboxylic acids is 1. The van der Waals surface area contributed by atoms with Crippen LogP contribution in [0, 0.1) is 0 Å². The van der Waals surface area contributed by atoms with Crippen molar-refractivity contribution < 1.29 is 14.7 Å². The Morgan fingerprint density at radius 2 is 2.00 bits per heavy atom. The van der Waals surface area contributed by atoms with Crippen LogP contribution in [0.2, 0.25) is 0 Å². The molecule has 1 aliphatic carbocycles. The second-order valence-corrected chi connectivity index (χ2v) is 4.32. The van der Waals surface area contributed by atoms with Crippen molar-refractivity contribution in [2.75, 3.05) is 0 Å². The molecule has 1 saturated carbocycles. The fourth-order valence-corrected chi connectivity index (χ4v) is 2.45. The highest BCUT2D eigenvalue weighted by Crippen LogP contribution is 2.22. The van der Waals surface area contributed by atoms with E-state index < -0.39 is 12.0 Å². The minimum atomic E-state index is -0.933. The number of carbonyl (C=O) groups excluding carboxylic acids is 1. The molecule has 2 fully saturated rings. The summed E-state index contributed by atoms with van der Waals surface area (Å²) >= 11 is 0. The number of fused-ring (bicyclic) bond motifs is 1. The molecule has 0 aromatic rings. The molecule has 5 nitrogen and oxygen atoms in total. The van der Waals surface area contributed by atoms with Crippen LogP contribution < -0.4 is 10.6 Å². The highest BCUT2D eigenvalue weighted by Gasteiger charge is 2.36. The van der Waals surface area contributed by atoms with Gasteiger partial charge in [0.2, 0.25) is 5.91 Å². The van der Waals surface area contributed by atoms with Gasteiger partial charge in [0, 0.05) is 12.1 Å². The summed E-state index contributed by atoms with van der Waals surface area (Å²) in [5.74, 6) is -1.10. The standard InChI is InChI=1S/C10H16N2O3/c13-9(14)5-8-10(15)12-7-4-2-1-3-6(7)11-8/h6-8,11H,1-5H2,(H,12,15)(H,13,14)/t6-,7-,8+/m1/s1. The van der Waals surface area contributed by atoms with E-state index in [4.69, 9.17) is 5.11 Å². The number of amides is 1. The van der Waals surface area contributed by atoms with Gasteiger partial charge in [-0.05, 0) is 12.8 Å². The molecule has 0 spiro atoms. The lowest BCUT2D eigenvalue weighted by Crippen LogP contribution is -2.64. The van der Waals surface area contributed by atoms with Gasteiger partial charge in [0.1, 0.15) is 0 Å². The average Bonchev–Trinajstić information content (AvgIpc) is 2.18. The molecule has 0 aromatic carbocycles. The Hall–Kier alpha value is -1.10. The first-order valence-electron chi connectivity index (χ1n) is 5.45. The number of nitrogens with one attached hydrogen (secondary N) is 2. The summed E-state index contributed by atoms with van der Waals surface area (Å²) in [7, 11) is 0. The zero-order valence-electron chi connectivity index (χ0n) is 8.53. The Bertz CT molecular complexity index is 280. The van der Waals surface area contributed by atoms with Crippen LogP contribution in [-0.2, 0) is 9.59 Å². The maximum Gasteiger partial charge on any atom is 0.305 e. The molecule has 5 heteroatoms. The van der Waals surface area contributed by atoms with Crippen molar-refractivity contribution in [3.8, 4) is 0 Å². The van der Waals surface area contributed by atoms with Crippen LogP contribution in [0.5, 0.6) is 0 Å². The largest absolute Gasteiger partial charge is 0.481 e. The number of hydrogen-bond donors (Lipinski definition) is 3. The van der Waals surface area contributed by atoms with Gasteiger partial charge in [0.15, 0.2) is 0 Å². The molecule has 0 unspecified atom stereocenters. The van der Waals surface area contributed by atoms with Gasteiger partial charge in [-0.25, -0.2) is 0 Å². The van der Waals surface area contributed by atoms with Crippen molar-refractivity contribution in [3.05, 3.63) is 0 Å². The highest BCUT2D eigenvalue weighted by atomic mass is 16.4. The van der Waals surface area contributed by atoms with E-state index in [1.165, 1.54) is 0 Å². The van der Waals surface area contributed by atoms with Crippen molar-refractivity contribution in [1.82, 2.24) is 10.6 Å². The van der Waals surface area contributed by atoms with E-state index in [2.05, 4.69) is 10.6 Å². The van der Waals surface area contributed by atoms with Gasteiger partial charge >= 0.3 is 5.97 Å². The van der Waals surface area contributed by atoms with E-state index in [-0.39, 0.29) is 24.4 Å². The third-order valence-electron chi connectivity index (χ3n) is 3.20. The Morgan fingerprint density at radius 3 is 2.67 bits per heavy atom. The summed E-state index contributed by atoms with van der Waals surface area (Å²) in [5, 5.41) is 14.7. The Labute approximate surface area is 88.2 Å². The predicted molar refractivity (Wildman–Crippen MR) is 53.4 cm³/mol. The lowest BCUT2D eigenvalue weighted by molar-refractivity contribution is -0.141. The molecule has 2 rings (SSSR count). The quantitative estimate of drug-likeness (QED) is 0.595. The van der Waals surface area contributed by atoms with Crippen LogP contribution in [-0.4, -0.2) is 35.1 Å². The highest BCUT2D eigenvalue weighted by molar-refractivity contribution is 5.87. The average molecular weight is 212 g/mol. The normalized spacial score (nSPS) is 35.5. The van der Waals surface area contributed by atoms with Crippen molar-refractivity contribution in [2.45, 2.75) is 50.2 Å². The molecule has 0 radical (unpaired) electrons. The predicted octanol–water partition coefficient (Wildman–Crippen LogP) is -0.140. The molecule has 15 heavy (non-hydrogen) atoms. The first-order valence-corrected chi connectivity index (χ1v) is 5.45. The molecule has 1 amide bonds. The number of carbonyl (C=O) groups is 2. The van der Waals surface area contributed by atoms with Gasteiger partial charge in [-0.3, -0.25) is 9.59 Å². The molecule has 84 valence electrons. The van der Waals surface area contributed by atoms with Gasteiger partial charge in [-0.15, -0.1) is 0 Å². The summed E-state index contributed by atoms with van der Waals surface area (Å²) in [6.45, 7) is 0. The second-order valence-electron chi connectivity index (χ2n) is 4.32. The zero-order valence-corrected chi connectivity index (χ0v) is 8.53. The third-order valence-corrected chi connectivity index (χ3v) is 3.20. The number of carboxylic acid groups (broad SMARTS) is 1. The fraction of sp³-hybridized carbons (Fsp3) is 0.800. The minimum Gasteiger partial charge on any atom is -0.481 e. The van der Waals surface area contributed by atoms with E-state index in [0.717, 1.165) is 25.7 Å². The van der Waals surface area contributed by atoms with Gasteiger partial charge in [0.05, 0.1) is 12.5 Å². The maximum absolute atomic E-state index is 11.5. The minimum absolute atomic E-state index is 0.130. The van der Waals surface area contributed by atoms with E-state index in [0.29, 0.717) is 0 Å². The van der Waals surface area contributed by atoms with Crippen LogP contribution >= 0.6 is 0 Å². The van der Waals surface area contributed by atoms with E-state index in [1.807, 2.05) is 0 Å². The van der Waals surface area contributed by atoms with Crippen molar-refractivity contribution in [2.24, 2.45) is 0 Å². The van der Waals surface area contributed by atoms with Crippen molar-refractivity contribution in [3.63, 3.8) is 0 Å². The lowest BCUT2D eigenvalue weighted by Gasteiger charge is -2.40. The van der Waals surface area contributed by atoms with Gasteiger partial charge < -0.3 is 15.7 Å². The summed E-state index contributed by atoms with van der Waals surface area (Å²) in [4.78, 5) is 22.1. The van der Waals surface area contributed by atoms with Crippen LogP contribution in [0.15, 0.2) is 0 Å². The number of piperazine rings is 1. The molecule has 3 atom stereocenters. The van der Waals surface area contributed by atoms with Gasteiger partial charge in [-0.1, -0.05) is 12.8 Å². The molecular formula is C10H16N2O3. The molecule has 1 heterocycles. The topological polar surface area (TPSA) is 78.4 Å². The second kappa shape index (κ2) is 4.18. The maximum atomic E-state index is 11.5. The zero-order chi connectivity index (χ0) is 10.8. The summed E-state index contributed by atoms with van der Waals surface area (Å²) in [5.41, 5.74) is 0. The molecule has 0 bridgehead atoms. The molecule has 1 aliphatic heterocycles. The summed E-state index contributed by atoms with van der Waals surface area (Å²) in [6, 6.07) is -0.0843. The van der Waals surface area contributed by atoms with Gasteiger partial charge in [-0.2, -0.15) is 0 Å². The first-order chi connectivity index (χ1) is 7.16. The van der Waals surface area contributed by atoms with Gasteiger partial charge in [0.25, 0.3) is 0 Å². The van der Waals surface area contributed by atoms with Crippen LogP contribution in [0.1, 0.15) is 32.1 Å². The lowest BCUT2D eigenvalue weighted by atomic mass is 9.87. The van der Waals surface area contributed by atoms with Crippen molar-refractivity contribution >= 4 is 11.9 Å². The molecular weight excluding hydrogens is 196 g/mol. The van der Waals surface area contributed by atoms with E-state index >= 15 is 0 Å². The van der Waals surface area contributed by atoms with Crippen LogP contribution in [0.25, 0.3) is 0 Å². The number of rotatable bonds is 2. The van der Waals surface area contributed by atoms with Crippen LogP contribution in [0.3, 0.4) is 0 Å². The Balaban J connectivity index is 1.98. The first kappa shape index (κ1) is 10.4. The fourth-order valence-electron chi connectivity index (χ4n) is 2.45. The third kappa shape index (κ3) is 2.28. The SMILES string of the molecule is O=C(O)C[C@@H]1N[C@@H]2CCCC[C@H]2NC1=O. The molecule has 3 N–H and O–H groups in total. The van der Waals surface area contributed by atoms with Crippen LogP contribution in [0.4, 0.5) is 0 Å². The van der Waals surface area contributed by atoms with E-state index in [9.17, 15) is 9.59 Å². The number of carboxylic acids is 1. The Kier molecular flexibility index (Phi) is 2.90. The molecule has 2 aliphatic rings. The van der Waals surface area contributed by atoms with E-state index in [1.54, 1.807) is 0 Å². The van der Waals surface area contributed by atoms with Crippen molar-refractivity contribution in [1.29, 1.82) is 0 Å². The monoisotopic (exact) mass is 212 g/mol. The smallest absolute Gasteiger partial charge is 0.305 e.